The molecule has 0 radical (unpaired) electrons. The molecule has 1 aliphatic heterocycles. The fourth-order valence-corrected chi connectivity index (χ4v) is 1.44. The molecule has 0 unspecified atom stereocenters. The number of nitriles is 1. The van der Waals surface area contributed by atoms with Crippen LogP contribution in [0.5, 0.6) is 0 Å². The normalized spacial score (nSPS) is 24.0. The molecule has 6 heteroatoms. The van der Waals surface area contributed by atoms with E-state index in [1.54, 1.807) is 26.8 Å². The number of carbonyl (C=O) groups excluding carboxylic acids is 1. The van der Waals surface area contributed by atoms with Crippen LogP contribution >= 0.6 is 0 Å². The van der Waals surface area contributed by atoms with Gasteiger partial charge in [0.1, 0.15) is 11.6 Å². The van der Waals surface area contributed by atoms with Crippen LogP contribution in [-0.4, -0.2) is 35.1 Å². The quantitative estimate of drug-likeness (QED) is 0.643. The number of alkyl halides is 2. The first kappa shape index (κ1) is 12.7. The molecule has 0 bridgehead atoms. The third kappa shape index (κ3) is 3.05. The van der Waals surface area contributed by atoms with Crippen LogP contribution in [0.3, 0.4) is 0 Å². The van der Waals surface area contributed by atoms with Gasteiger partial charge in [-0.25, -0.2) is 13.6 Å². The SMILES string of the molecule is CC(C)(C)OC(=O)N1CC(F)(F)C[C@@H]1C#N. The van der Waals surface area contributed by atoms with E-state index in [0.717, 1.165) is 4.90 Å². The molecule has 16 heavy (non-hydrogen) atoms. The van der Waals surface area contributed by atoms with E-state index in [4.69, 9.17) is 10.00 Å². The van der Waals surface area contributed by atoms with E-state index in [0.29, 0.717) is 0 Å². The van der Waals surface area contributed by atoms with Gasteiger partial charge in [-0.1, -0.05) is 0 Å². The van der Waals surface area contributed by atoms with Crippen molar-refractivity contribution in [2.45, 2.75) is 44.8 Å². The Balaban J connectivity index is 2.74. The Morgan fingerprint density at radius 3 is 2.56 bits per heavy atom. The predicted octanol–water partition coefficient (Wildman–Crippen LogP) is 2.15. The Kier molecular flexibility index (Phi) is 3.08. The first-order valence-electron chi connectivity index (χ1n) is 4.92. The zero-order valence-corrected chi connectivity index (χ0v) is 9.46. The molecule has 1 amide bonds. The molecule has 1 saturated heterocycles. The van der Waals surface area contributed by atoms with Crippen molar-refractivity contribution >= 4 is 6.09 Å². The maximum absolute atomic E-state index is 13.0. The van der Waals surface area contributed by atoms with Crippen LogP contribution in [-0.2, 0) is 4.74 Å². The molecular weight excluding hydrogens is 218 g/mol. The molecule has 0 saturated carbocycles. The molecule has 0 N–H and O–H groups in total. The van der Waals surface area contributed by atoms with E-state index in [-0.39, 0.29) is 0 Å². The predicted molar refractivity (Wildman–Crippen MR) is 51.9 cm³/mol. The van der Waals surface area contributed by atoms with Crippen molar-refractivity contribution in [1.82, 2.24) is 4.90 Å². The monoisotopic (exact) mass is 232 g/mol. The zero-order chi connectivity index (χ0) is 12.6. The number of halogens is 2. The maximum Gasteiger partial charge on any atom is 0.411 e. The lowest BCUT2D eigenvalue weighted by molar-refractivity contribution is -0.00214. The van der Waals surface area contributed by atoms with E-state index in [1.165, 1.54) is 0 Å². The van der Waals surface area contributed by atoms with Crippen LogP contribution in [0.1, 0.15) is 27.2 Å². The van der Waals surface area contributed by atoms with Gasteiger partial charge in [0.15, 0.2) is 0 Å². The molecule has 90 valence electrons. The minimum absolute atomic E-state index is 0.622. The van der Waals surface area contributed by atoms with Crippen LogP contribution < -0.4 is 0 Å². The van der Waals surface area contributed by atoms with Crippen LogP contribution in [0.4, 0.5) is 13.6 Å². The molecule has 1 atom stereocenters. The fourth-order valence-electron chi connectivity index (χ4n) is 1.44. The van der Waals surface area contributed by atoms with Crippen LogP contribution in [0, 0.1) is 11.3 Å². The average Bonchev–Trinajstić information content (AvgIpc) is 2.38. The summed E-state index contributed by atoms with van der Waals surface area (Å²) in [6.45, 7) is 4.17. The fraction of sp³-hybridized carbons (Fsp3) is 0.800. The lowest BCUT2D eigenvalue weighted by Gasteiger charge is -2.25. The number of hydrogen-bond acceptors (Lipinski definition) is 3. The Bertz CT molecular complexity index is 331. The molecule has 0 aromatic heterocycles. The second kappa shape index (κ2) is 3.89. The molecule has 0 spiro atoms. The highest BCUT2D eigenvalue weighted by molar-refractivity contribution is 5.69. The highest BCUT2D eigenvalue weighted by Crippen LogP contribution is 2.32. The van der Waals surface area contributed by atoms with Gasteiger partial charge in [-0.2, -0.15) is 5.26 Å². The summed E-state index contributed by atoms with van der Waals surface area (Å²) in [6, 6.07) is 0.575. The second-order valence-corrected chi connectivity index (χ2v) is 4.81. The summed E-state index contributed by atoms with van der Waals surface area (Å²) < 4.78 is 31.0. The number of hydrogen-bond donors (Lipinski definition) is 0. The van der Waals surface area contributed by atoms with E-state index >= 15 is 0 Å². The molecule has 0 aromatic carbocycles. The van der Waals surface area contributed by atoms with Crippen LogP contribution in [0.2, 0.25) is 0 Å². The van der Waals surface area contributed by atoms with Gasteiger partial charge in [0.25, 0.3) is 5.92 Å². The van der Waals surface area contributed by atoms with Gasteiger partial charge in [-0.05, 0) is 20.8 Å². The summed E-state index contributed by atoms with van der Waals surface area (Å²) in [5.74, 6) is -3.00. The van der Waals surface area contributed by atoms with Gasteiger partial charge < -0.3 is 4.74 Å². The Labute approximate surface area is 92.8 Å². The van der Waals surface area contributed by atoms with Gasteiger partial charge in [0.05, 0.1) is 12.6 Å². The van der Waals surface area contributed by atoms with Crippen molar-refractivity contribution in [1.29, 1.82) is 5.26 Å². The number of likely N-dealkylation sites (tertiary alicyclic amines) is 1. The third-order valence-electron chi connectivity index (χ3n) is 2.05. The van der Waals surface area contributed by atoms with Crippen LogP contribution in [0.25, 0.3) is 0 Å². The topological polar surface area (TPSA) is 53.3 Å². The minimum atomic E-state index is -3.00. The Morgan fingerprint density at radius 1 is 1.56 bits per heavy atom. The second-order valence-electron chi connectivity index (χ2n) is 4.81. The Morgan fingerprint density at radius 2 is 2.12 bits per heavy atom. The zero-order valence-electron chi connectivity index (χ0n) is 9.46. The van der Waals surface area contributed by atoms with Gasteiger partial charge in [-0.15, -0.1) is 0 Å². The molecule has 1 heterocycles. The lowest BCUT2D eigenvalue weighted by atomic mass is 10.2. The van der Waals surface area contributed by atoms with Crippen molar-refractivity contribution in [2.24, 2.45) is 0 Å². The molecule has 1 aliphatic rings. The van der Waals surface area contributed by atoms with E-state index < -0.39 is 36.6 Å². The summed E-state index contributed by atoms with van der Waals surface area (Å²) in [5, 5.41) is 8.68. The highest BCUT2D eigenvalue weighted by Gasteiger charge is 2.48. The van der Waals surface area contributed by atoms with Gasteiger partial charge in [-0.3, -0.25) is 4.90 Å². The minimum Gasteiger partial charge on any atom is -0.444 e. The number of nitrogens with zero attached hydrogens (tertiary/aromatic N) is 2. The molecule has 1 rings (SSSR count). The number of amides is 1. The van der Waals surface area contributed by atoms with Crippen molar-refractivity contribution < 1.29 is 18.3 Å². The average molecular weight is 232 g/mol. The number of carbonyl (C=O) groups is 1. The van der Waals surface area contributed by atoms with Crippen molar-refractivity contribution in [3.63, 3.8) is 0 Å². The Hall–Kier alpha value is -1.38. The van der Waals surface area contributed by atoms with Crippen molar-refractivity contribution in [3.8, 4) is 6.07 Å². The summed E-state index contributed by atoms with van der Waals surface area (Å²) in [4.78, 5) is 12.3. The van der Waals surface area contributed by atoms with Crippen molar-refractivity contribution in [2.75, 3.05) is 6.54 Å². The molecule has 0 aromatic rings. The first-order chi connectivity index (χ1) is 7.14. The van der Waals surface area contributed by atoms with E-state index in [2.05, 4.69) is 0 Å². The summed E-state index contributed by atoms with van der Waals surface area (Å²) >= 11 is 0. The highest BCUT2D eigenvalue weighted by atomic mass is 19.3. The van der Waals surface area contributed by atoms with Gasteiger partial charge in [0.2, 0.25) is 0 Å². The third-order valence-corrected chi connectivity index (χ3v) is 2.05. The summed E-state index contributed by atoms with van der Waals surface area (Å²) in [6.07, 6.45) is -1.49. The molecular formula is C10H14F2N2O2. The smallest absolute Gasteiger partial charge is 0.411 e. The van der Waals surface area contributed by atoms with Crippen LogP contribution in [0.15, 0.2) is 0 Å². The lowest BCUT2D eigenvalue weighted by Crippen LogP contribution is -2.40. The van der Waals surface area contributed by atoms with E-state index in [1.807, 2.05) is 0 Å². The number of ether oxygens (including phenoxy) is 1. The summed E-state index contributed by atoms with van der Waals surface area (Å²) in [7, 11) is 0. The number of rotatable bonds is 0. The maximum atomic E-state index is 13.0. The largest absolute Gasteiger partial charge is 0.444 e. The van der Waals surface area contributed by atoms with Crippen molar-refractivity contribution in [3.05, 3.63) is 0 Å². The summed E-state index contributed by atoms with van der Waals surface area (Å²) in [5.41, 5.74) is -0.755. The molecule has 4 nitrogen and oxygen atoms in total. The van der Waals surface area contributed by atoms with E-state index in [9.17, 15) is 13.6 Å². The molecule has 0 aliphatic carbocycles. The molecule has 1 fully saturated rings. The van der Waals surface area contributed by atoms with Gasteiger partial charge in [0, 0.05) is 6.42 Å². The van der Waals surface area contributed by atoms with Gasteiger partial charge >= 0.3 is 6.09 Å². The standard InChI is InChI=1S/C10H14F2N2O2/c1-9(2,3)16-8(15)14-6-10(11,12)4-7(14)5-13/h7H,4,6H2,1-3H3/t7-/m1/s1. The first-order valence-corrected chi connectivity index (χ1v) is 4.92.